The minimum Gasteiger partial charge on any atom is -0.450 e. The highest BCUT2D eigenvalue weighted by atomic mass is 32.2. The third-order valence-corrected chi connectivity index (χ3v) is 6.20. The minimum atomic E-state index is -3.35. The Hall–Kier alpha value is -2.29. The van der Waals surface area contributed by atoms with Crippen LogP contribution in [0.2, 0.25) is 0 Å². The molecule has 1 saturated heterocycles. The van der Waals surface area contributed by atoms with E-state index in [1.54, 1.807) is 34.9 Å². The van der Waals surface area contributed by atoms with Crippen LogP contribution in [-0.2, 0) is 21.2 Å². The van der Waals surface area contributed by atoms with Crippen LogP contribution in [0.5, 0.6) is 0 Å². The van der Waals surface area contributed by atoms with Crippen LogP contribution in [0.25, 0.3) is 0 Å². The smallest absolute Gasteiger partial charge is 0.409 e. The molecule has 2 aliphatic heterocycles. The lowest BCUT2D eigenvalue weighted by Gasteiger charge is -2.34. The van der Waals surface area contributed by atoms with E-state index in [0.717, 1.165) is 5.56 Å². The van der Waals surface area contributed by atoms with E-state index in [1.807, 2.05) is 6.92 Å². The molecule has 0 aliphatic carbocycles. The summed E-state index contributed by atoms with van der Waals surface area (Å²) in [5.74, 6) is -0.105. The van der Waals surface area contributed by atoms with Gasteiger partial charge in [-0.3, -0.25) is 9.10 Å². The Balaban J connectivity index is 1.71. The summed E-state index contributed by atoms with van der Waals surface area (Å²) < 4.78 is 30.4. The topological polar surface area (TPSA) is 87.2 Å². The van der Waals surface area contributed by atoms with E-state index >= 15 is 0 Å². The number of benzene rings is 1. The Morgan fingerprint density at radius 2 is 1.78 bits per heavy atom. The molecule has 9 heteroatoms. The second-order valence-corrected chi connectivity index (χ2v) is 8.79. The lowest BCUT2D eigenvalue weighted by Crippen LogP contribution is -2.50. The van der Waals surface area contributed by atoms with Crippen LogP contribution in [0.4, 0.5) is 10.5 Å². The van der Waals surface area contributed by atoms with Crippen LogP contribution in [-0.4, -0.2) is 75.3 Å². The van der Waals surface area contributed by atoms with Gasteiger partial charge < -0.3 is 14.5 Å². The summed E-state index contributed by atoms with van der Waals surface area (Å²) >= 11 is 0. The van der Waals surface area contributed by atoms with Crippen molar-refractivity contribution in [2.24, 2.45) is 0 Å². The van der Waals surface area contributed by atoms with E-state index in [1.165, 1.54) is 10.6 Å². The van der Waals surface area contributed by atoms with Crippen LogP contribution in [0, 0.1) is 0 Å². The highest BCUT2D eigenvalue weighted by molar-refractivity contribution is 7.92. The maximum absolute atomic E-state index is 12.8. The summed E-state index contributed by atoms with van der Waals surface area (Å²) in [7, 11) is -3.35. The molecule has 0 unspecified atom stereocenters. The molecule has 2 amide bonds. The third-order valence-electron chi connectivity index (χ3n) is 4.93. The molecule has 0 aromatic heterocycles. The molecule has 8 nitrogen and oxygen atoms in total. The number of carbonyl (C=O) groups is 2. The van der Waals surface area contributed by atoms with Crippen molar-refractivity contribution in [3.8, 4) is 0 Å². The second kappa shape index (κ2) is 7.38. The van der Waals surface area contributed by atoms with E-state index in [9.17, 15) is 18.0 Å². The molecule has 1 fully saturated rings. The van der Waals surface area contributed by atoms with Gasteiger partial charge in [0, 0.05) is 37.8 Å². The van der Waals surface area contributed by atoms with E-state index in [0.29, 0.717) is 50.5 Å². The number of rotatable bonds is 3. The number of ether oxygens (including phenoxy) is 1. The van der Waals surface area contributed by atoms with Gasteiger partial charge in [-0.15, -0.1) is 0 Å². The van der Waals surface area contributed by atoms with E-state index in [2.05, 4.69) is 0 Å². The zero-order chi connectivity index (χ0) is 19.8. The van der Waals surface area contributed by atoms with Gasteiger partial charge >= 0.3 is 6.09 Å². The van der Waals surface area contributed by atoms with Crippen LogP contribution in [0.15, 0.2) is 18.2 Å². The Morgan fingerprint density at radius 1 is 1.15 bits per heavy atom. The van der Waals surface area contributed by atoms with Gasteiger partial charge in [-0.1, -0.05) is 0 Å². The number of fused-ring (bicyclic) bond motifs is 1. The Bertz CT molecular complexity index is 847. The largest absolute Gasteiger partial charge is 0.450 e. The van der Waals surface area contributed by atoms with Gasteiger partial charge in [-0.25, -0.2) is 13.2 Å². The first-order valence-electron chi connectivity index (χ1n) is 9.05. The molecule has 0 N–H and O–H groups in total. The third kappa shape index (κ3) is 3.87. The van der Waals surface area contributed by atoms with Crippen molar-refractivity contribution in [3.63, 3.8) is 0 Å². The van der Waals surface area contributed by atoms with Gasteiger partial charge in [0.25, 0.3) is 5.91 Å². The zero-order valence-corrected chi connectivity index (χ0v) is 16.7. The van der Waals surface area contributed by atoms with Crippen LogP contribution < -0.4 is 4.31 Å². The van der Waals surface area contributed by atoms with Gasteiger partial charge in [0.2, 0.25) is 10.0 Å². The van der Waals surface area contributed by atoms with Gasteiger partial charge in [0.1, 0.15) is 0 Å². The maximum atomic E-state index is 12.8. The van der Waals surface area contributed by atoms with E-state index in [4.69, 9.17) is 4.74 Å². The average Bonchev–Trinajstić information content (AvgIpc) is 2.96. The number of amides is 2. The van der Waals surface area contributed by atoms with Crippen LogP contribution in [0.3, 0.4) is 0 Å². The molecule has 2 aliphatic rings. The second-order valence-electron chi connectivity index (χ2n) is 6.93. The monoisotopic (exact) mass is 395 g/mol. The summed E-state index contributed by atoms with van der Waals surface area (Å²) in [4.78, 5) is 27.9. The fourth-order valence-electron chi connectivity index (χ4n) is 3.73. The van der Waals surface area contributed by atoms with Crippen molar-refractivity contribution in [2.45, 2.75) is 26.3 Å². The lowest BCUT2D eigenvalue weighted by molar-refractivity contribution is 0.0570. The lowest BCUT2D eigenvalue weighted by atomic mass is 10.1. The fraction of sp³-hybridized carbons (Fsp3) is 0.556. The maximum Gasteiger partial charge on any atom is 0.409 e. The molecule has 1 aromatic rings. The van der Waals surface area contributed by atoms with Crippen LogP contribution >= 0.6 is 0 Å². The van der Waals surface area contributed by atoms with E-state index < -0.39 is 10.0 Å². The molecule has 27 heavy (non-hydrogen) atoms. The predicted molar refractivity (Wildman–Crippen MR) is 101 cm³/mol. The van der Waals surface area contributed by atoms with Crippen molar-refractivity contribution in [3.05, 3.63) is 29.3 Å². The zero-order valence-electron chi connectivity index (χ0n) is 15.8. The molecule has 0 saturated carbocycles. The Kier molecular flexibility index (Phi) is 5.32. The van der Waals surface area contributed by atoms with Crippen molar-refractivity contribution in [1.29, 1.82) is 0 Å². The van der Waals surface area contributed by atoms with Gasteiger partial charge in [-0.05, 0) is 44.0 Å². The van der Waals surface area contributed by atoms with Gasteiger partial charge in [0.15, 0.2) is 0 Å². The summed E-state index contributed by atoms with van der Waals surface area (Å²) in [6.45, 7) is 5.72. The number of piperazine rings is 1. The normalized spacial score (nSPS) is 19.8. The molecule has 1 atom stereocenters. The Morgan fingerprint density at radius 3 is 2.37 bits per heavy atom. The van der Waals surface area contributed by atoms with Crippen molar-refractivity contribution in [1.82, 2.24) is 9.80 Å². The molecular formula is C18H25N3O5S. The molecule has 1 aromatic carbocycles. The standard InChI is InChI=1S/C18H25N3O5S/c1-4-26-18(23)20-9-7-19(8-10-20)17(22)14-5-6-16-15(12-14)11-13(2)21(16)27(3,24)25/h5-6,12-13H,4,7-11H2,1-3H3/t13-/m1/s1. The molecule has 2 heterocycles. The van der Waals surface area contributed by atoms with Gasteiger partial charge in [0.05, 0.1) is 18.6 Å². The summed E-state index contributed by atoms with van der Waals surface area (Å²) in [5, 5.41) is 0. The SMILES string of the molecule is CCOC(=O)N1CCN(C(=O)c2ccc3c(c2)C[C@@H](C)N3S(C)(=O)=O)CC1. The molecular weight excluding hydrogens is 370 g/mol. The Labute approximate surface area is 159 Å². The number of hydrogen-bond acceptors (Lipinski definition) is 5. The van der Waals surface area contributed by atoms with Crippen molar-refractivity contribution in [2.75, 3.05) is 43.3 Å². The fourth-order valence-corrected chi connectivity index (χ4v) is 4.99. The number of hydrogen-bond donors (Lipinski definition) is 0. The summed E-state index contributed by atoms with van der Waals surface area (Å²) in [6, 6.07) is 5.02. The molecule has 3 rings (SSSR count). The van der Waals surface area contributed by atoms with Crippen LogP contribution in [0.1, 0.15) is 29.8 Å². The number of sulfonamides is 1. The average molecular weight is 395 g/mol. The predicted octanol–water partition coefficient (Wildman–Crippen LogP) is 1.31. The first-order valence-corrected chi connectivity index (χ1v) is 10.9. The first kappa shape index (κ1) is 19.5. The van der Waals surface area contributed by atoms with E-state index in [-0.39, 0.29) is 18.0 Å². The molecule has 0 spiro atoms. The molecule has 0 bridgehead atoms. The van der Waals surface area contributed by atoms with Crippen molar-refractivity contribution < 1.29 is 22.7 Å². The first-order chi connectivity index (χ1) is 12.7. The highest BCUT2D eigenvalue weighted by Gasteiger charge is 2.33. The highest BCUT2D eigenvalue weighted by Crippen LogP contribution is 2.34. The number of carbonyl (C=O) groups excluding carboxylic acids is 2. The van der Waals surface area contributed by atoms with Gasteiger partial charge in [-0.2, -0.15) is 0 Å². The van der Waals surface area contributed by atoms with Crippen molar-refractivity contribution >= 4 is 27.7 Å². The quantitative estimate of drug-likeness (QED) is 0.770. The molecule has 148 valence electrons. The number of nitrogens with zero attached hydrogens (tertiary/aromatic N) is 3. The molecule has 0 radical (unpaired) electrons. The summed E-state index contributed by atoms with van der Waals surface area (Å²) in [6.07, 6.45) is 1.43. The number of anilines is 1. The summed E-state index contributed by atoms with van der Waals surface area (Å²) in [5.41, 5.74) is 2.05. The minimum absolute atomic E-state index is 0.105.